The molecular weight excluding hydrogens is 310 g/mol. The van der Waals surface area contributed by atoms with Crippen LogP contribution in [0.5, 0.6) is 11.5 Å². The van der Waals surface area contributed by atoms with E-state index in [0.29, 0.717) is 22.8 Å². The summed E-state index contributed by atoms with van der Waals surface area (Å²) in [5, 5.41) is 19.4. The lowest BCUT2D eigenvalue weighted by atomic mass is 10.1. The summed E-state index contributed by atoms with van der Waals surface area (Å²) < 4.78 is 10.3. The Labute approximate surface area is 137 Å². The van der Waals surface area contributed by atoms with Crippen LogP contribution in [0.4, 0.5) is 5.69 Å². The van der Waals surface area contributed by atoms with Gasteiger partial charge in [-0.25, -0.2) is 0 Å². The summed E-state index contributed by atoms with van der Waals surface area (Å²) in [4.78, 5) is 10.9. The van der Waals surface area contributed by atoms with E-state index in [1.165, 1.54) is 20.3 Å². The average Bonchev–Trinajstić information content (AvgIpc) is 3.02. The van der Waals surface area contributed by atoms with Gasteiger partial charge in [-0.1, -0.05) is 18.2 Å². The molecule has 0 fully saturated rings. The van der Waals surface area contributed by atoms with Gasteiger partial charge in [0, 0.05) is 5.39 Å². The maximum atomic E-state index is 11.3. The van der Waals surface area contributed by atoms with Crippen molar-refractivity contribution in [3.63, 3.8) is 0 Å². The molecule has 0 unspecified atom stereocenters. The average molecular weight is 325 g/mol. The van der Waals surface area contributed by atoms with E-state index in [1.807, 2.05) is 24.3 Å². The number of aromatic amines is 1. The number of benzene rings is 2. The predicted molar refractivity (Wildman–Crippen MR) is 91.2 cm³/mol. The Morgan fingerprint density at radius 3 is 2.54 bits per heavy atom. The van der Waals surface area contributed by atoms with Crippen LogP contribution in [0.25, 0.3) is 23.1 Å². The summed E-state index contributed by atoms with van der Waals surface area (Å²) in [6, 6.07) is 10.6. The molecule has 3 rings (SSSR count). The van der Waals surface area contributed by atoms with Crippen molar-refractivity contribution in [2.45, 2.75) is 0 Å². The third kappa shape index (κ3) is 2.79. The molecule has 7 nitrogen and oxygen atoms in total. The van der Waals surface area contributed by atoms with Crippen LogP contribution in [0, 0.1) is 10.1 Å². The second kappa shape index (κ2) is 6.41. The lowest BCUT2D eigenvalue weighted by Crippen LogP contribution is -1.96. The molecule has 0 aliphatic rings. The number of para-hydroxylation sites is 1. The number of nitrogens with one attached hydrogen (secondary N) is 1. The molecule has 0 saturated carbocycles. The van der Waals surface area contributed by atoms with Gasteiger partial charge in [0.2, 0.25) is 0 Å². The molecule has 0 aliphatic heterocycles. The Kier molecular flexibility index (Phi) is 4.15. The molecule has 0 bridgehead atoms. The molecule has 0 atom stereocenters. The van der Waals surface area contributed by atoms with Gasteiger partial charge in [0.25, 0.3) is 5.69 Å². The third-order valence-electron chi connectivity index (χ3n) is 3.65. The largest absolute Gasteiger partial charge is 0.493 e. The molecule has 122 valence electrons. The third-order valence-corrected chi connectivity index (χ3v) is 3.65. The fourth-order valence-corrected chi connectivity index (χ4v) is 2.46. The van der Waals surface area contributed by atoms with Crippen LogP contribution in [0.2, 0.25) is 0 Å². The van der Waals surface area contributed by atoms with E-state index in [9.17, 15) is 10.1 Å². The first kappa shape index (κ1) is 15.5. The van der Waals surface area contributed by atoms with Crippen molar-refractivity contribution in [2.24, 2.45) is 0 Å². The molecule has 2 aromatic carbocycles. The topological polar surface area (TPSA) is 90.3 Å². The molecule has 0 saturated heterocycles. The van der Waals surface area contributed by atoms with E-state index in [4.69, 9.17) is 9.47 Å². The fourth-order valence-electron chi connectivity index (χ4n) is 2.46. The van der Waals surface area contributed by atoms with Crippen molar-refractivity contribution >= 4 is 28.7 Å². The zero-order valence-corrected chi connectivity index (χ0v) is 13.1. The Morgan fingerprint density at radius 1 is 1.12 bits per heavy atom. The Bertz CT molecular complexity index is 931. The highest BCUT2D eigenvalue weighted by atomic mass is 16.6. The summed E-state index contributed by atoms with van der Waals surface area (Å²) in [7, 11) is 2.92. The number of methoxy groups -OCH3 is 2. The number of hydrogen-bond acceptors (Lipinski definition) is 5. The molecular formula is C17H15N3O4. The summed E-state index contributed by atoms with van der Waals surface area (Å²) in [6.07, 6.45) is 3.37. The van der Waals surface area contributed by atoms with Gasteiger partial charge in [0.1, 0.15) is 0 Å². The molecule has 1 aromatic heterocycles. The first-order valence-corrected chi connectivity index (χ1v) is 7.15. The van der Waals surface area contributed by atoms with Crippen LogP contribution in [0.1, 0.15) is 11.3 Å². The van der Waals surface area contributed by atoms with Crippen molar-refractivity contribution in [3.8, 4) is 11.5 Å². The number of H-pyrrole nitrogens is 1. The van der Waals surface area contributed by atoms with Crippen molar-refractivity contribution in [3.05, 3.63) is 57.8 Å². The van der Waals surface area contributed by atoms with Crippen LogP contribution in [0.15, 0.2) is 36.4 Å². The van der Waals surface area contributed by atoms with Gasteiger partial charge in [-0.2, -0.15) is 5.10 Å². The molecule has 1 heterocycles. The fraction of sp³-hybridized carbons (Fsp3) is 0.118. The summed E-state index contributed by atoms with van der Waals surface area (Å²) >= 11 is 0. The zero-order chi connectivity index (χ0) is 17.1. The van der Waals surface area contributed by atoms with Crippen LogP contribution >= 0.6 is 0 Å². The van der Waals surface area contributed by atoms with Crippen molar-refractivity contribution in [2.75, 3.05) is 14.2 Å². The highest BCUT2D eigenvalue weighted by Crippen LogP contribution is 2.35. The highest BCUT2D eigenvalue weighted by molar-refractivity contribution is 5.90. The van der Waals surface area contributed by atoms with E-state index in [1.54, 1.807) is 18.2 Å². The number of fused-ring (bicyclic) bond motifs is 1. The number of nitro benzene ring substituents is 1. The number of aromatic nitrogens is 2. The lowest BCUT2D eigenvalue weighted by Gasteiger charge is -2.08. The monoisotopic (exact) mass is 325 g/mol. The quantitative estimate of drug-likeness (QED) is 0.571. The SMILES string of the molecule is COc1cc(C=Cc2n[nH]c3ccccc23)c([N+](=O)[O-])cc1OC. The van der Waals surface area contributed by atoms with E-state index >= 15 is 0 Å². The van der Waals surface area contributed by atoms with E-state index in [2.05, 4.69) is 10.2 Å². The summed E-state index contributed by atoms with van der Waals surface area (Å²) in [5.41, 5.74) is 1.95. The van der Waals surface area contributed by atoms with Crippen LogP contribution < -0.4 is 9.47 Å². The van der Waals surface area contributed by atoms with Crippen LogP contribution in [-0.4, -0.2) is 29.3 Å². The van der Waals surface area contributed by atoms with Gasteiger partial charge < -0.3 is 9.47 Å². The van der Waals surface area contributed by atoms with Gasteiger partial charge in [0.15, 0.2) is 11.5 Å². The van der Waals surface area contributed by atoms with Crippen molar-refractivity contribution in [1.82, 2.24) is 10.2 Å². The number of ether oxygens (including phenoxy) is 2. The Morgan fingerprint density at radius 2 is 1.83 bits per heavy atom. The minimum Gasteiger partial charge on any atom is -0.493 e. The van der Waals surface area contributed by atoms with E-state index in [0.717, 1.165) is 10.9 Å². The normalized spacial score (nSPS) is 11.1. The molecule has 3 aromatic rings. The molecule has 0 spiro atoms. The second-order valence-electron chi connectivity index (χ2n) is 5.01. The molecule has 7 heteroatoms. The maximum Gasteiger partial charge on any atom is 0.280 e. The molecule has 0 aliphatic carbocycles. The number of nitro groups is 1. The van der Waals surface area contributed by atoms with Gasteiger partial charge in [-0.15, -0.1) is 0 Å². The van der Waals surface area contributed by atoms with Crippen LogP contribution in [-0.2, 0) is 0 Å². The standard InChI is InChI=1S/C17H15N3O4/c1-23-16-9-11(15(20(21)22)10-17(16)24-2)7-8-14-12-5-3-4-6-13(12)18-19-14/h3-10H,1-2H3,(H,18,19). The van der Waals surface area contributed by atoms with Gasteiger partial charge in [-0.3, -0.25) is 15.2 Å². The molecule has 0 radical (unpaired) electrons. The van der Waals surface area contributed by atoms with Gasteiger partial charge >= 0.3 is 0 Å². The van der Waals surface area contributed by atoms with Gasteiger partial charge in [0.05, 0.1) is 42.0 Å². The highest BCUT2D eigenvalue weighted by Gasteiger charge is 2.18. The van der Waals surface area contributed by atoms with Gasteiger partial charge in [-0.05, 0) is 24.3 Å². The Hall–Kier alpha value is -3.35. The minimum absolute atomic E-state index is 0.0660. The smallest absolute Gasteiger partial charge is 0.280 e. The summed E-state index contributed by atoms with van der Waals surface area (Å²) in [6.45, 7) is 0. The van der Waals surface area contributed by atoms with Crippen LogP contribution in [0.3, 0.4) is 0 Å². The van der Waals surface area contributed by atoms with Crippen molar-refractivity contribution in [1.29, 1.82) is 0 Å². The second-order valence-corrected chi connectivity index (χ2v) is 5.01. The molecule has 24 heavy (non-hydrogen) atoms. The van der Waals surface area contributed by atoms with E-state index in [-0.39, 0.29) is 5.69 Å². The van der Waals surface area contributed by atoms with E-state index < -0.39 is 4.92 Å². The minimum atomic E-state index is -0.454. The lowest BCUT2D eigenvalue weighted by molar-refractivity contribution is -0.385. The number of hydrogen-bond donors (Lipinski definition) is 1. The first-order chi connectivity index (χ1) is 11.6. The van der Waals surface area contributed by atoms with Crippen molar-refractivity contribution < 1.29 is 14.4 Å². The first-order valence-electron chi connectivity index (χ1n) is 7.15. The maximum absolute atomic E-state index is 11.3. The molecule has 1 N–H and O–H groups in total. The summed E-state index contributed by atoms with van der Waals surface area (Å²) in [5.74, 6) is 0.737. The predicted octanol–water partition coefficient (Wildman–Crippen LogP) is 3.66. The number of nitrogens with zero attached hydrogens (tertiary/aromatic N) is 2. The number of rotatable bonds is 5. The zero-order valence-electron chi connectivity index (χ0n) is 13.1. The Balaban J connectivity index is 2.06. The molecule has 0 amide bonds.